The summed E-state index contributed by atoms with van der Waals surface area (Å²) in [5.74, 6) is 2.81. The van der Waals surface area contributed by atoms with E-state index in [0.29, 0.717) is 28.9 Å². The fourth-order valence-corrected chi connectivity index (χ4v) is 2.99. The van der Waals surface area contributed by atoms with Gasteiger partial charge in [0.25, 0.3) is 5.89 Å². The van der Waals surface area contributed by atoms with Gasteiger partial charge >= 0.3 is 0 Å². The van der Waals surface area contributed by atoms with Crippen LogP contribution in [0, 0.1) is 6.92 Å². The second-order valence-corrected chi connectivity index (χ2v) is 6.13. The molecule has 2 aromatic carbocycles. The van der Waals surface area contributed by atoms with Crippen LogP contribution in [0.3, 0.4) is 0 Å². The highest BCUT2D eigenvalue weighted by atomic mass is 16.7. The summed E-state index contributed by atoms with van der Waals surface area (Å²) in [6.07, 6.45) is 0. The summed E-state index contributed by atoms with van der Waals surface area (Å²) in [4.78, 5) is 4.46. The third-order valence-electron chi connectivity index (χ3n) is 4.45. The van der Waals surface area contributed by atoms with Gasteiger partial charge in [0.15, 0.2) is 17.2 Å². The van der Waals surface area contributed by atoms with Crippen LogP contribution in [0.4, 0.5) is 0 Å². The fraction of sp³-hybridized carbons (Fsp3) is 0.158. The van der Waals surface area contributed by atoms with Crippen molar-refractivity contribution in [2.75, 3.05) is 13.9 Å². The van der Waals surface area contributed by atoms with E-state index in [1.807, 2.05) is 49.4 Å². The lowest BCUT2D eigenvalue weighted by molar-refractivity contribution is 0.174. The topological polar surface area (TPSA) is 97.3 Å². The van der Waals surface area contributed by atoms with Gasteiger partial charge in [-0.25, -0.2) is 4.68 Å². The Balaban J connectivity index is 1.49. The second-order valence-electron chi connectivity index (χ2n) is 6.13. The van der Waals surface area contributed by atoms with E-state index in [-0.39, 0.29) is 6.79 Å². The predicted octanol–water partition coefficient (Wildman–Crippen LogP) is 3.03. The SMILES string of the molecule is COc1cccc(-n2nnc(-c3nc(-c4ccc5c(c4)OCO5)no3)c2C)c1. The highest BCUT2D eigenvalue weighted by Crippen LogP contribution is 2.35. The van der Waals surface area contributed by atoms with Crippen LogP contribution in [0.2, 0.25) is 0 Å². The van der Waals surface area contributed by atoms with Crippen LogP contribution in [0.1, 0.15) is 5.69 Å². The molecule has 9 heteroatoms. The van der Waals surface area contributed by atoms with E-state index in [1.165, 1.54) is 0 Å². The van der Waals surface area contributed by atoms with E-state index in [1.54, 1.807) is 11.8 Å². The Labute approximate surface area is 159 Å². The van der Waals surface area contributed by atoms with Crippen molar-refractivity contribution in [1.29, 1.82) is 0 Å². The van der Waals surface area contributed by atoms with Crippen molar-refractivity contribution in [2.24, 2.45) is 0 Å². The number of hydrogen-bond donors (Lipinski definition) is 0. The van der Waals surface area contributed by atoms with Crippen molar-refractivity contribution in [1.82, 2.24) is 25.1 Å². The Kier molecular flexibility index (Phi) is 3.71. The number of benzene rings is 2. The average molecular weight is 377 g/mol. The number of ether oxygens (including phenoxy) is 3. The van der Waals surface area contributed by atoms with E-state index in [9.17, 15) is 0 Å². The molecular weight excluding hydrogens is 362 g/mol. The van der Waals surface area contributed by atoms with E-state index < -0.39 is 0 Å². The van der Waals surface area contributed by atoms with Crippen molar-refractivity contribution in [3.05, 3.63) is 48.2 Å². The Bertz CT molecular complexity index is 1170. The number of hydrogen-bond acceptors (Lipinski definition) is 8. The molecule has 5 rings (SSSR count). The van der Waals surface area contributed by atoms with E-state index in [2.05, 4.69) is 20.5 Å². The van der Waals surface area contributed by atoms with Crippen molar-refractivity contribution in [3.63, 3.8) is 0 Å². The zero-order valence-corrected chi connectivity index (χ0v) is 15.1. The lowest BCUT2D eigenvalue weighted by Crippen LogP contribution is -1.99. The van der Waals surface area contributed by atoms with Gasteiger partial charge in [0.1, 0.15) is 5.75 Å². The summed E-state index contributed by atoms with van der Waals surface area (Å²) in [6.45, 7) is 2.10. The maximum atomic E-state index is 5.43. The number of nitrogens with zero attached hydrogens (tertiary/aromatic N) is 5. The molecule has 0 bridgehead atoms. The molecule has 0 spiro atoms. The molecule has 0 radical (unpaired) electrons. The Morgan fingerprint density at radius 1 is 1.07 bits per heavy atom. The summed E-state index contributed by atoms with van der Waals surface area (Å²) in [5, 5.41) is 12.5. The summed E-state index contributed by atoms with van der Waals surface area (Å²) < 4.78 is 23.1. The van der Waals surface area contributed by atoms with Gasteiger partial charge < -0.3 is 18.7 Å². The Hall–Kier alpha value is -3.88. The quantitative estimate of drug-likeness (QED) is 0.535. The summed E-state index contributed by atoms with van der Waals surface area (Å²) in [7, 11) is 1.62. The molecule has 0 unspecified atom stereocenters. The summed E-state index contributed by atoms with van der Waals surface area (Å²) >= 11 is 0. The largest absolute Gasteiger partial charge is 0.497 e. The first kappa shape index (κ1) is 16.3. The smallest absolute Gasteiger partial charge is 0.280 e. The van der Waals surface area contributed by atoms with Crippen LogP contribution >= 0.6 is 0 Å². The molecule has 28 heavy (non-hydrogen) atoms. The molecular formula is C19H15N5O4. The van der Waals surface area contributed by atoms with Crippen LogP contribution < -0.4 is 14.2 Å². The van der Waals surface area contributed by atoms with Crippen molar-refractivity contribution >= 4 is 0 Å². The molecule has 0 atom stereocenters. The lowest BCUT2D eigenvalue weighted by Gasteiger charge is -2.05. The maximum absolute atomic E-state index is 5.43. The molecule has 1 aliphatic heterocycles. The van der Waals surface area contributed by atoms with Gasteiger partial charge in [-0.2, -0.15) is 4.98 Å². The number of fused-ring (bicyclic) bond motifs is 1. The zero-order chi connectivity index (χ0) is 19.1. The predicted molar refractivity (Wildman–Crippen MR) is 97.5 cm³/mol. The van der Waals surface area contributed by atoms with E-state index >= 15 is 0 Å². The van der Waals surface area contributed by atoms with Gasteiger partial charge in [0.05, 0.1) is 18.5 Å². The van der Waals surface area contributed by atoms with Crippen molar-refractivity contribution in [3.8, 4) is 45.9 Å². The minimum absolute atomic E-state index is 0.211. The molecule has 140 valence electrons. The van der Waals surface area contributed by atoms with Crippen molar-refractivity contribution in [2.45, 2.75) is 6.92 Å². The van der Waals surface area contributed by atoms with Gasteiger partial charge in [-0.05, 0) is 37.3 Å². The number of aromatic nitrogens is 5. The van der Waals surface area contributed by atoms with Gasteiger partial charge in [-0.3, -0.25) is 0 Å². The maximum Gasteiger partial charge on any atom is 0.280 e. The normalized spacial score (nSPS) is 12.4. The van der Waals surface area contributed by atoms with Crippen LogP contribution in [-0.4, -0.2) is 39.0 Å². The summed E-state index contributed by atoms with van der Waals surface area (Å²) in [5.41, 5.74) is 2.87. The fourth-order valence-electron chi connectivity index (χ4n) is 2.99. The van der Waals surface area contributed by atoms with Gasteiger partial charge in [0.2, 0.25) is 12.6 Å². The molecule has 0 amide bonds. The molecule has 0 saturated heterocycles. The van der Waals surface area contributed by atoms with Crippen LogP contribution in [-0.2, 0) is 0 Å². The Morgan fingerprint density at radius 3 is 2.86 bits per heavy atom. The molecule has 9 nitrogen and oxygen atoms in total. The molecule has 3 heterocycles. The molecule has 1 aliphatic rings. The average Bonchev–Trinajstić information content (AvgIpc) is 3.46. The van der Waals surface area contributed by atoms with Crippen molar-refractivity contribution < 1.29 is 18.7 Å². The standard InChI is InChI=1S/C19H15N5O4/c1-11-17(21-23-24(11)13-4-3-5-14(9-13)25-2)19-20-18(22-28-19)12-6-7-15-16(8-12)27-10-26-15/h3-9H,10H2,1-2H3. The molecule has 0 aliphatic carbocycles. The first-order valence-electron chi connectivity index (χ1n) is 8.54. The molecule has 2 aromatic heterocycles. The van der Waals surface area contributed by atoms with Gasteiger partial charge in [-0.1, -0.05) is 16.4 Å². The monoisotopic (exact) mass is 377 g/mol. The third kappa shape index (κ3) is 2.64. The number of methoxy groups -OCH3 is 1. The number of rotatable bonds is 4. The first-order valence-corrected chi connectivity index (χ1v) is 8.54. The minimum Gasteiger partial charge on any atom is -0.497 e. The van der Waals surface area contributed by atoms with Gasteiger partial charge in [0, 0.05) is 11.6 Å². The van der Waals surface area contributed by atoms with Crippen LogP contribution in [0.25, 0.3) is 28.7 Å². The van der Waals surface area contributed by atoms with Gasteiger partial charge in [-0.15, -0.1) is 5.10 Å². The van der Waals surface area contributed by atoms with E-state index in [0.717, 1.165) is 22.7 Å². The zero-order valence-electron chi connectivity index (χ0n) is 15.1. The van der Waals surface area contributed by atoms with Crippen LogP contribution in [0.15, 0.2) is 47.0 Å². The molecule has 4 aromatic rings. The molecule has 0 saturated carbocycles. The highest BCUT2D eigenvalue weighted by Gasteiger charge is 2.21. The first-order chi connectivity index (χ1) is 13.7. The molecule has 0 fully saturated rings. The minimum atomic E-state index is 0.211. The summed E-state index contributed by atoms with van der Waals surface area (Å²) in [6, 6.07) is 13.0. The van der Waals surface area contributed by atoms with E-state index in [4.69, 9.17) is 18.7 Å². The van der Waals surface area contributed by atoms with Crippen LogP contribution in [0.5, 0.6) is 17.2 Å². The third-order valence-corrected chi connectivity index (χ3v) is 4.45. The highest BCUT2D eigenvalue weighted by molar-refractivity contribution is 5.63. The second kappa shape index (κ2) is 6.38. The molecule has 0 N–H and O–H groups in total. The lowest BCUT2D eigenvalue weighted by atomic mass is 10.2. The Morgan fingerprint density at radius 2 is 1.96 bits per heavy atom.